The van der Waals surface area contributed by atoms with Crippen LogP contribution in [0.25, 0.3) is 0 Å². The zero-order valence-electron chi connectivity index (χ0n) is 13.0. The number of hydrogen-bond donors (Lipinski definition) is 1. The first-order valence-corrected chi connectivity index (χ1v) is 7.87. The number of hydrogen-bond acceptors (Lipinski definition) is 3. The first-order valence-electron chi connectivity index (χ1n) is 7.87. The third kappa shape index (κ3) is 6.39. The summed E-state index contributed by atoms with van der Waals surface area (Å²) in [6.07, 6.45) is 4.46. The minimum Gasteiger partial charge on any atom is -0.340 e. The smallest absolute Gasteiger partial charge is 0.223 e. The fraction of sp³-hybridized carbons (Fsp3) is 0.933. The van der Waals surface area contributed by atoms with Gasteiger partial charge in [0.15, 0.2) is 0 Å². The van der Waals surface area contributed by atoms with E-state index in [1.165, 1.54) is 19.3 Å². The Bertz CT molecular complexity index is 250. The highest BCUT2D eigenvalue weighted by Gasteiger charge is 2.17. The van der Waals surface area contributed by atoms with Gasteiger partial charge >= 0.3 is 0 Å². The summed E-state index contributed by atoms with van der Waals surface area (Å²) in [6, 6.07) is 0.535. The molecule has 1 heterocycles. The molecule has 1 N–H and O–H groups in total. The number of unbranched alkanes of at least 4 members (excludes halogenated alkanes) is 2. The minimum atomic E-state index is 0.322. The van der Waals surface area contributed by atoms with Gasteiger partial charge in [0, 0.05) is 45.2 Å². The van der Waals surface area contributed by atoms with Crippen molar-refractivity contribution in [1.29, 1.82) is 0 Å². The van der Waals surface area contributed by atoms with Gasteiger partial charge in [0.05, 0.1) is 0 Å². The highest BCUT2D eigenvalue weighted by molar-refractivity contribution is 5.76. The van der Waals surface area contributed by atoms with Crippen molar-refractivity contribution >= 4 is 5.91 Å². The fourth-order valence-electron chi connectivity index (χ4n) is 2.50. The average Bonchev–Trinajstić information content (AvgIpc) is 2.43. The second-order valence-corrected chi connectivity index (χ2v) is 5.72. The van der Waals surface area contributed by atoms with E-state index in [1.54, 1.807) is 0 Å². The van der Waals surface area contributed by atoms with Crippen LogP contribution in [-0.2, 0) is 4.79 Å². The first kappa shape index (κ1) is 16.4. The monoisotopic (exact) mass is 269 g/mol. The lowest BCUT2D eigenvalue weighted by Crippen LogP contribution is -2.47. The van der Waals surface area contributed by atoms with Gasteiger partial charge in [-0.05, 0) is 26.8 Å². The maximum absolute atomic E-state index is 12.1. The molecule has 0 spiro atoms. The molecule has 1 amide bonds. The van der Waals surface area contributed by atoms with Crippen molar-refractivity contribution in [3.8, 4) is 0 Å². The topological polar surface area (TPSA) is 35.6 Å². The van der Waals surface area contributed by atoms with Crippen LogP contribution in [0.5, 0.6) is 0 Å². The van der Waals surface area contributed by atoms with Crippen LogP contribution >= 0.6 is 0 Å². The molecule has 0 aliphatic carbocycles. The van der Waals surface area contributed by atoms with E-state index in [0.29, 0.717) is 18.4 Å². The fourth-order valence-corrected chi connectivity index (χ4v) is 2.50. The standard InChI is InChI=1S/C15H31N3O/c1-4-5-6-10-17(14(2)3)11-7-15(19)18-12-8-16-9-13-18/h14,16H,4-13H2,1-3H3. The molecular formula is C15H31N3O. The van der Waals surface area contributed by atoms with E-state index in [0.717, 1.165) is 39.3 Å². The number of amides is 1. The summed E-state index contributed by atoms with van der Waals surface area (Å²) < 4.78 is 0. The molecule has 0 unspecified atom stereocenters. The molecule has 112 valence electrons. The second-order valence-electron chi connectivity index (χ2n) is 5.72. The Labute approximate surface area is 118 Å². The summed E-state index contributed by atoms with van der Waals surface area (Å²) in [5, 5.41) is 3.28. The van der Waals surface area contributed by atoms with E-state index in [1.807, 2.05) is 4.90 Å². The largest absolute Gasteiger partial charge is 0.340 e. The molecular weight excluding hydrogens is 238 g/mol. The Morgan fingerprint density at radius 3 is 2.47 bits per heavy atom. The molecule has 4 heteroatoms. The summed E-state index contributed by atoms with van der Waals surface area (Å²) in [7, 11) is 0. The van der Waals surface area contributed by atoms with Crippen molar-refractivity contribution in [2.24, 2.45) is 0 Å². The van der Waals surface area contributed by atoms with Crippen LogP contribution in [0.2, 0.25) is 0 Å². The van der Waals surface area contributed by atoms with E-state index in [9.17, 15) is 4.79 Å². The summed E-state index contributed by atoms with van der Waals surface area (Å²) in [6.45, 7) is 12.3. The van der Waals surface area contributed by atoms with Crippen molar-refractivity contribution in [3.63, 3.8) is 0 Å². The molecule has 0 aromatic rings. The molecule has 1 saturated heterocycles. The van der Waals surface area contributed by atoms with Crippen LogP contribution in [0.15, 0.2) is 0 Å². The summed E-state index contributed by atoms with van der Waals surface area (Å²) in [4.78, 5) is 16.6. The van der Waals surface area contributed by atoms with Crippen molar-refractivity contribution in [2.75, 3.05) is 39.3 Å². The van der Waals surface area contributed by atoms with Gasteiger partial charge in [-0.25, -0.2) is 0 Å². The molecule has 0 radical (unpaired) electrons. The lowest BCUT2D eigenvalue weighted by atomic mass is 10.2. The third-order valence-corrected chi connectivity index (χ3v) is 3.86. The Morgan fingerprint density at radius 1 is 1.21 bits per heavy atom. The van der Waals surface area contributed by atoms with Gasteiger partial charge in [0.1, 0.15) is 0 Å². The SMILES string of the molecule is CCCCCN(CCC(=O)N1CCNCC1)C(C)C. The maximum atomic E-state index is 12.1. The van der Waals surface area contributed by atoms with Crippen LogP contribution in [0, 0.1) is 0 Å². The number of nitrogens with zero attached hydrogens (tertiary/aromatic N) is 2. The molecule has 19 heavy (non-hydrogen) atoms. The molecule has 0 aromatic heterocycles. The van der Waals surface area contributed by atoms with Crippen LogP contribution < -0.4 is 5.32 Å². The van der Waals surface area contributed by atoms with Gasteiger partial charge in [0.2, 0.25) is 5.91 Å². The van der Waals surface area contributed by atoms with Gasteiger partial charge in [-0.1, -0.05) is 19.8 Å². The molecule has 1 fully saturated rings. The van der Waals surface area contributed by atoms with Gasteiger partial charge in [0.25, 0.3) is 0 Å². The Hall–Kier alpha value is -0.610. The quantitative estimate of drug-likeness (QED) is 0.681. The van der Waals surface area contributed by atoms with Crippen molar-refractivity contribution < 1.29 is 4.79 Å². The predicted molar refractivity (Wildman–Crippen MR) is 80.3 cm³/mol. The molecule has 1 rings (SSSR count). The predicted octanol–water partition coefficient (Wildman–Crippen LogP) is 1.71. The zero-order chi connectivity index (χ0) is 14.1. The van der Waals surface area contributed by atoms with Crippen LogP contribution in [0.4, 0.5) is 0 Å². The van der Waals surface area contributed by atoms with Crippen molar-refractivity contribution in [3.05, 3.63) is 0 Å². The van der Waals surface area contributed by atoms with E-state index >= 15 is 0 Å². The van der Waals surface area contributed by atoms with E-state index in [2.05, 4.69) is 31.0 Å². The van der Waals surface area contributed by atoms with Crippen molar-refractivity contribution in [1.82, 2.24) is 15.1 Å². The summed E-state index contributed by atoms with van der Waals surface area (Å²) in [5.74, 6) is 0.322. The highest BCUT2D eigenvalue weighted by Crippen LogP contribution is 2.06. The van der Waals surface area contributed by atoms with Crippen LogP contribution in [0.3, 0.4) is 0 Å². The molecule has 0 aromatic carbocycles. The minimum absolute atomic E-state index is 0.322. The molecule has 1 aliphatic rings. The Balaban J connectivity index is 2.27. The Morgan fingerprint density at radius 2 is 1.89 bits per heavy atom. The molecule has 0 atom stereocenters. The lowest BCUT2D eigenvalue weighted by Gasteiger charge is -2.30. The maximum Gasteiger partial charge on any atom is 0.223 e. The normalized spacial score (nSPS) is 16.4. The zero-order valence-corrected chi connectivity index (χ0v) is 13.0. The summed E-state index contributed by atoms with van der Waals surface area (Å²) >= 11 is 0. The number of piperazine rings is 1. The second kappa shape index (κ2) is 9.32. The average molecular weight is 269 g/mol. The number of nitrogens with one attached hydrogen (secondary N) is 1. The van der Waals surface area contributed by atoms with Crippen LogP contribution in [0.1, 0.15) is 46.5 Å². The van der Waals surface area contributed by atoms with Gasteiger partial charge in [-0.15, -0.1) is 0 Å². The summed E-state index contributed by atoms with van der Waals surface area (Å²) in [5.41, 5.74) is 0. The van der Waals surface area contributed by atoms with Gasteiger partial charge < -0.3 is 15.1 Å². The lowest BCUT2D eigenvalue weighted by molar-refractivity contribution is -0.132. The molecule has 1 aliphatic heterocycles. The van der Waals surface area contributed by atoms with E-state index < -0.39 is 0 Å². The van der Waals surface area contributed by atoms with Gasteiger partial charge in [-0.2, -0.15) is 0 Å². The first-order chi connectivity index (χ1) is 9.15. The van der Waals surface area contributed by atoms with E-state index in [-0.39, 0.29) is 0 Å². The highest BCUT2D eigenvalue weighted by atomic mass is 16.2. The molecule has 0 bridgehead atoms. The Kier molecular flexibility index (Phi) is 8.07. The van der Waals surface area contributed by atoms with Crippen LogP contribution in [-0.4, -0.2) is 61.0 Å². The van der Waals surface area contributed by atoms with E-state index in [4.69, 9.17) is 0 Å². The molecule has 4 nitrogen and oxygen atoms in total. The number of carbonyl (C=O) groups is 1. The third-order valence-electron chi connectivity index (χ3n) is 3.86. The van der Waals surface area contributed by atoms with Crippen molar-refractivity contribution in [2.45, 2.75) is 52.5 Å². The molecule has 0 saturated carbocycles. The van der Waals surface area contributed by atoms with Gasteiger partial charge in [-0.3, -0.25) is 4.79 Å². The number of carbonyl (C=O) groups excluding carboxylic acids is 1. The number of rotatable bonds is 8.